The van der Waals surface area contributed by atoms with Crippen LogP contribution in [0.4, 0.5) is 0 Å². The Morgan fingerprint density at radius 2 is 1.52 bits per heavy atom. The summed E-state index contributed by atoms with van der Waals surface area (Å²) < 4.78 is 2.16. The van der Waals surface area contributed by atoms with Gasteiger partial charge in [0.1, 0.15) is 0 Å². The predicted molar refractivity (Wildman–Crippen MR) is 85.5 cm³/mol. The number of nitrogens with zero attached hydrogens (tertiary/aromatic N) is 3. The molecule has 0 aliphatic rings. The highest BCUT2D eigenvalue weighted by molar-refractivity contribution is 6.21. The van der Waals surface area contributed by atoms with Crippen LogP contribution in [0.25, 0.3) is 38.1 Å². The van der Waals surface area contributed by atoms with Crippen molar-refractivity contribution >= 4 is 38.1 Å². The molecule has 0 spiro atoms. The lowest BCUT2D eigenvalue weighted by atomic mass is 10.0. The number of imidazole rings is 1. The summed E-state index contributed by atoms with van der Waals surface area (Å²) in [6, 6.07) is 16.7. The van der Waals surface area contributed by atoms with Crippen LogP contribution < -0.4 is 0 Å². The van der Waals surface area contributed by atoms with E-state index in [1.54, 1.807) is 0 Å². The quantitative estimate of drug-likeness (QED) is 0.395. The second-order valence-corrected chi connectivity index (χ2v) is 5.23. The van der Waals surface area contributed by atoms with Crippen molar-refractivity contribution in [2.24, 2.45) is 0 Å². The molecule has 3 heterocycles. The zero-order valence-corrected chi connectivity index (χ0v) is 11.2. The number of pyridine rings is 2. The van der Waals surface area contributed by atoms with Gasteiger partial charge >= 0.3 is 0 Å². The summed E-state index contributed by atoms with van der Waals surface area (Å²) in [6.07, 6.45) is 5.79. The van der Waals surface area contributed by atoms with E-state index in [1.807, 2.05) is 24.8 Å². The molecule has 0 amide bonds. The van der Waals surface area contributed by atoms with Gasteiger partial charge in [0, 0.05) is 27.7 Å². The summed E-state index contributed by atoms with van der Waals surface area (Å²) in [5.74, 6) is 0. The summed E-state index contributed by atoms with van der Waals surface area (Å²) >= 11 is 0. The lowest BCUT2D eigenvalue weighted by molar-refractivity contribution is 1.22. The van der Waals surface area contributed by atoms with Crippen molar-refractivity contribution in [1.29, 1.82) is 0 Å². The van der Waals surface area contributed by atoms with Crippen molar-refractivity contribution in [2.75, 3.05) is 0 Å². The van der Waals surface area contributed by atoms with Gasteiger partial charge < -0.3 is 0 Å². The third-order valence-electron chi connectivity index (χ3n) is 4.12. The van der Waals surface area contributed by atoms with Gasteiger partial charge in [-0.1, -0.05) is 36.4 Å². The fourth-order valence-corrected chi connectivity index (χ4v) is 3.20. The number of benzene rings is 2. The minimum absolute atomic E-state index is 1.02. The number of hydrogen-bond acceptors (Lipinski definition) is 2. The zero-order chi connectivity index (χ0) is 13.8. The maximum atomic E-state index is 4.62. The van der Waals surface area contributed by atoms with Crippen molar-refractivity contribution in [3.05, 3.63) is 67.3 Å². The molecule has 3 nitrogen and oxygen atoms in total. The molecule has 98 valence electrons. The Morgan fingerprint density at radius 1 is 0.714 bits per heavy atom. The van der Waals surface area contributed by atoms with Gasteiger partial charge in [0.2, 0.25) is 0 Å². The lowest BCUT2D eigenvalue weighted by Crippen LogP contribution is -1.91. The van der Waals surface area contributed by atoms with Crippen LogP contribution in [0, 0.1) is 0 Å². The van der Waals surface area contributed by atoms with Crippen LogP contribution in [0.1, 0.15) is 0 Å². The van der Waals surface area contributed by atoms with E-state index < -0.39 is 0 Å². The van der Waals surface area contributed by atoms with Gasteiger partial charge in [-0.25, -0.2) is 4.98 Å². The summed E-state index contributed by atoms with van der Waals surface area (Å²) in [4.78, 5) is 8.97. The highest BCUT2D eigenvalue weighted by Crippen LogP contribution is 2.33. The van der Waals surface area contributed by atoms with E-state index >= 15 is 0 Å². The second-order valence-electron chi connectivity index (χ2n) is 5.23. The molecule has 2 aromatic carbocycles. The van der Waals surface area contributed by atoms with Gasteiger partial charge in [-0.15, -0.1) is 0 Å². The Labute approximate surface area is 120 Å². The Kier molecular flexibility index (Phi) is 1.95. The zero-order valence-electron chi connectivity index (χ0n) is 11.2. The van der Waals surface area contributed by atoms with E-state index in [-0.39, 0.29) is 0 Å². The first-order valence-corrected chi connectivity index (χ1v) is 6.94. The van der Waals surface area contributed by atoms with Gasteiger partial charge in [-0.05, 0) is 12.1 Å². The molecule has 0 atom stereocenters. The average Bonchev–Trinajstić information content (AvgIpc) is 3.04. The van der Waals surface area contributed by atoms with Crippen molar-refractivity contribution in [3.63, 3.8) is 0 Å². The van der Waals surface area contributed by atoms with Crippen LogP contribution >= 0.6 is 0 Å². The summed E-state index contributed by atoms with van der Waals surface area (Å²) in [5, 5.41) is 4.77. The topological polar surface area (TPSA) is 30.2 Å². The van der Waals surface area contributed by atoms with Crippen molar-refractivity contribution in [3.8, 4) is 0 Å². The Bertz CT molecular complexity index is 1130. The van der Waals surface area contributed by atoms with Gasteiger partial charge in [0.15, 0.2) is 0 Å². The van der Waals surface area contributed by atoms with Crippen molar-refractivity contribution in [1.82, 2.24) is 14.4 Å². The fraction of sp³-hybridized carbons (Fsp3) is 0. The Morgan fingerprint density at radius 3 is 2.48 bits per heavy atom. The molecular formula is C18H11N3. The highest BCUT2D eigenvalue weighted by atomic mass is 15.0. The summed E-state index contributed by atoms with van der Waals surface area (Å²) in [6.45, 7) is 0. The molecule has 0 N–H and O–H groups in total. The average molecular weight is 269 g/mol. The van der Waals surface area contributed by atoms with E-state index in [2.05, 4.69) is 56.8 Å². The molecule has 3 heteroatoms. The SMILES string of the molecule is c1ccc2c(c1)ncc1c3ccccc3n3cncc3c21. The Balaban J connectivity index is 2.24. The molecule has 0 aliphatic heterocycles. The van der Waals surface area contributed by atoms with Crippen molar-refractivity contribution < 1.29 is 0 Å². The van der Waals surface area contributed by atoms with E-state index in [1.165, 1.54) is 21.5 Å². The van der Waals surface area contributed by atoms with Gasteiger partial charge in [0.05, 0.1) is 29.1 Å². The first-order chi connectivity index (χ1) is 10.4. The van der Waals surface area contributed by atoms with Crippen LogP contribution in [0.15, 0.2) is 67.3 Å². The minimum Gasteiger partial charge on any atom is -0.298 e. The smallest absolute Gasteiger partial charge is 0.0997 e. The van der Waals surface area contributed by atoms with Crippen LogP contribution in [-0.4, -0.2) is 14.4 Å². The largest absolute Gasteiger partial charge is 0.298 e. The lowest BCUT2D eigenvalue weighted by Gasteiger charge is -2.10. The highest BCUT2D eigenvalue weighted by Gasteiger charge is 2.11. The molecular weight excluding hydrogens is 258 g/mol. The van der Waals surface area contributed by atoms with Crippen LogP contribution in [0.2, 0.25) is 0 Å². The van der Waals surface area contributed by atoms with E-state index in [9.17, 15) is 0 Å². The van der Waals surface area contributed by atoms with Gasteiger partial charge in [0.25, 0.3) is 0 Å². The van der Waals surface area contributed by atoms with Crippen molar-refractivity contribution in [2.45, 2.75) is 0 Å². The number of hydrogen-bond donors (Lipinski definition) is 0. The second kappa shape index (κ2) is 3.79. The molecule has 21 heavy (non-hydrogen) atoms. The maximum absolute atomic E-state index is 4.62. The fourth-order valence-electron chi connectivity index (χ4n) is 3.20. The monoisotopic (exact) mass is 269 g/mol. The maximum Gasteiger partial charge on any atom is 0.0997 e. The first-order valence-electron chi connectivity index (χ1n) is 6.94. The third kappa shape index (κ3) is 1.32. The molecule has 0 saturated carbocycles. The standard InChI is InChI=1S/C18H11N3/c1-3-7-15-13(6-1)18-14(9-20-15)12-5-2-4-8-16(12)21-11-19-10-17(18)21/h1-11H. The van der Waals surface area contributed by atoms with E-state index in [0.717, 1.165) is 16.6 Å². The number of para-hydroxylation sites is 2. The van der Waals surface area contributed by atoms with Crippen LogP contribution in [-0.2, 0) is 0 Å². The molecule has 0 bridgehead atoms. The number of rotatable bonds is 0. The summed E-state index contributed by atoms with van der Waals surface area (Å²) in [7, 11) is 0. The molecule has 3 aromatic heterocycles. The molecule has 0 radical (unpaired) electrons. The molecule has 5 aromatic rings. The molecule has 5 rings (SSSR count). The Hall–Kier alpha value is -2.94. The van der Waals surface area contributed by atoms with E-state index in [0.29, 0.717) is 0 Å². The minimum atomic E-state index is 1.02. The van der Waals surface area contributed by atoms with Gasteiger partial charge in [-0.2, -0.15) is 0 Å². The van der Waals surface area contributed by atoms with Crippen LogP contribution in [0.5, 0.6) is 0 Å². The van der Waals surface area contributed by atoms with E-state index in [4.69, 9.17) is 0 Å². The molecule has 0 saturated heterocycles. The van der Waals surface area contributed by atoms with Gasteiger partial charge in [-0.3, -0.25) is 9.38 Å². The predicted octanol–water partition coefficient (Wildman–Crippen LogP) is 4.19. The summed E-state index contributed by atoms with van der Waals surface area (Å²) in [5.41, 5.74) is 3.31. The molecule has 0 unspecified atom stereocenters. The molecule has 0 fully saturated rings. The van der Waals surface area contributed by atoms with Crippen LogP contribution in [0.3, 0.4) is 0 Å². The number of fused-ring (bicyclic) bond motifs is 8. The third-order valence-corrected chi connectivity index (χ3v) is 4.12. The normalized spacial score (nSPS) is 11.8. The number of aromatic nitrogens is 3. The molecule has 0 aliphatic carbocycles. The first kappa shape index (κ1) is 10.8.